The van der Waals surface area contributed by atoms with Crippen LogP contribution < -0.4 is 4.90 Å². The van der Waals surface area contributed by atoms with Crippen molar-refractivity contribution in [3.63, 3.8) is 0 Å². The van der Waals surface area contributed by atoms with E-state index in [2.05, 4.69) is 34.1 Å². The lowest BCUT2D eigenvalue weighted by Crippen LogP contribution is -2.07. The maximum absolute atomic E-state index is 5.94. The van der Waals surface area contributed by atoms with E-state index in [1.807, 2.05) is 32.3 Å². The summed E-state index contributed by atoms with van der Waals surface area (Å²) in [6.07, 6.45) is 3.84. The summed E-state index contributed by atoms with van der Waals surface area (Å²) in [6.45, 7) is 0. The molecule has 3 aromatic rings. The number of halogens is 1. The molecule has 0 bridgehead atoms. The van der Waals surface area contributed by atoms with Crippen LogP contribution in [0.5, 0.6) is 0 Å². The molecular formula is C17H15ClN2O. The molecule has 1 heterocycles. The Morgan fingerprint density at radius 2 is 1.81 bits per heavy atom. The molecule has 0 radical (unpaired) electrons. The van der Waals surface area contributed by atoms with Crippen LogP contribution in [-0.4, -0.2) is 19.1 Å². The summed E-state index contributed by atoms with van der Waals surface area (Å²) in [5, 5.41) is 0.658. The summed E-state index contributed by atoms with van der Waals surface area (Å²) in [4.78, 5) is 6.46. The van der Waals surface area contributed by atoms with E-state index in [1.54, 1.807) is 12.1 Å². The molecular weight excluding hydrogens is 284 g/mol. The Hall–Kier alpha value is -2.26. The van der Waals surface area contributed by atoms with Gasteiger partial charge in [-0.05, 0) is 42.0 Å². The average molecular weight is 299 g/mol. The van der Waals surface area contributed by atoms with Crippen LogP contribution in [0.2, 0.25) is 5.02 Å². The van der Waals surface area contributed by atoms with Gasteiger partial charge in [0.2, 0.25) is 5.89 Å². The number of hydrogen-bond donors (Lipinski definition) is 0. The molecule has 2 aromatic carbocycles. The van der Waals surface area contributed by atoms with E-state index >= 15 is 0 Å². The number of hydrogen-bond acceptors (Lipinski definition) is 3. The Kier molecular flexibility index (Phi) is 3.67. The molecule has 0 saturated heterocycles. The Morgan fingerprint density at radius 3 is 2.52 bits per heavy atom. The molecule has 21 heavy (non-hydrogen) atoms. The van der Waals surface area contributed by atoms with E-state index in [0.717, 1.165) is 16.7 Å². The van der Waals surface area contributed by atoms with Gasteiger partial charge >= 0.3 is 0 Å². The zero-order valence-corrected chi connectivity index (χ0v) is 12.6. The first-order chi connectivity index (χ1) is 10.1. The quantitative estimate of drug-likeness (QED) is 0.701. The van der Waals surface area contributed by atoms with Crippen molar-refractivity contribution in [2.24, 2.45) is 0 Å². The highest BCUT2D eigenvalue weighted by Gasteiger charge is 2.03. The first-order valence-electron chi connectivity index (χ1n) is 6.63. The van der Waals surface area contributed by atoms with Gasteiger partial charge in [0.25, 0.3) is 0 Å². The summed E-state index contributed by atoms with van der Waals surface area (Å²) in [5.41, 5.74) is 3.77. The number of benzene rings is 2. The van der Waals surface area contributed by atoms with Crippen molar-refractivity contribution < 1.29 is 4.42 Å². The van der Waals surface area contributed by atoms with E-state index < -0.39 is 0 Å². The van der Waals surface area contributed by atoms with Crippen LogP contribution in [0.1, 0.15) is 11.5 Å². The first-order valence-corrected chi connectivity index (χ1v) is 7.01. The molecule has 0 unspecified atom stereocenters. The Bertz CT molecular complexity index is 788. The van der Waals surface area contributed by atoms with Gasteiger partial charge < -0.3 is 9.32 Å². The van der Waals surface area contributed by atoms with Crippen LogP contribution in [0.4, 0.5) is 5.69 Å². The maximum atomic E-state index is 5.94. The van der Waals surface area contributed by atoms with Crippen LogP contribution in [0, 0.1) is 0 Å². The summed E-state index contributed by atoms with van der Waals surface area (Å²) in [7, 11) is 4.04. The Labute approximate surface area is 128 Å². The molecule has 0 aliphatic rings. The van der Waals surface area contributed by atoms with E-state index in [1.165, 1.54) is 5.69 Å². The number of nitrogens with zero attached hydrogens (tertiary/aromatic N) is 2. The lowest BCUT2D eigenvalue weighted by Gasteiger charge is -2.11. The van der Waals surface area contributed by atoms with Gasteiger partial charge in [-0.2, -0.15) is 0 Å². The van der Waals surface area contributed by atoms with E-state index in [9.17, 15) is 0 Å². The maximum Gasteiger partial charge on any atom is 0.220 e. The van der Waals surface area contributed by atoms with Crippen LogP contribution in [0.25, 0.3) is 23.3 Å². The Morgan fingerprint density at radius 1 is 1.05 bits per heavy atom. The van der Waals surface area contributed by atoms with Crippen molar-refractivity contribution in [3.05, 3.63) is 58.9 Å². The second kappa shape index (κ2) is 5.62. The van der Waals surface area contributed by atoms with Gasteiger partial charge in [-0.15, -0.1) is 0 Å². The molecule has 0 N–H and O–H groups in total. The molecule has 106 valence electrons. The van der Waals surface area contributed by atoms with Crippen molar-refractivity contribution in [2.45, 2.75) is 0 Å². The van der Waals surface area contributed by atoms with Crippen molar-refractivity contribution in [1.82, 2.24) is 4.98 Å². The van der Waals surface area contributed by atoms with Gasteiger partial charge in [0.15, 0.2) is 5.58 Å². The molecule has 0 saturated carbocycles. The standard InChI is InChI=1S/C17H15ClN2O/c1-20(2)14-7-3-12(4-8-14)5-10-17-19-15-11-13(18)6-9-16(15)21-17/h3-11H,1-2H3. The number of anilines is 1. The fourth-order valence-corrected chi connectivity index (χ4v) is 2.21. The third-order valence-corrected chi connectivity index (χ3v) is 3.43. The second-order valence-corrected chi connectivity index (χ2v) is 5.42. The molecule has 0 aliphatic heterocycles. The molecule has 3 rings (SSSR count). The predicted molar refractivity (Wildman–Crippen MR) is 88.7 cm³/mol. The highest BCUT2D eigenvalue weighted by Crippen LogP contribution is 2.21. The van der Waals surface area contributed by atoms with Crippen molar-refractivity contribution in [2.75, 3.05) is 19.0 Å². The minimum absolute atomic E-state index is 0.573. The van der Waals surface area contributed by atoms with Gasteiger partial charge in [0.05, 0.1) is 0 Å². The molecule has 0 fully saturated rings. The number of oxazole rings is 1. The first kappa shape index (κ1) is 13.7. The predicted octanol–water partition coefficient (Wildman–Crippen LogP) is 4.72. The smallest absolute Gasteiger partial charge is 0.220 e. The van der Waals surface area contributed by atoms with Gasteiger partial charge in [0, 0.05) is 30.9 Å². The topological polar surface area (TPSA) is 29.3 Å². The zero-order chi connectivity index (χ0) is 14.8. The molecule has 1 aromatic heterocycles. The van der Waals surface area contributed by atoms with Gasteiger partial charge in [-0.1, -0.05) is 23.7 Å². The monoisotopic (exact) mass is 298 g/mol. The third-order valence-electron chi connectivity index (χ3n) is 3.19. The number of aromatic nitrogens is 1. The van der Waals surface area contributed by atoms with Gasteiger partial charge in [0.1, 0.15) is 5.52 Å². The molecule has 0 amide bonds. The highest BCUT2D eigenvalue weighted by atomic mass is 35.5. The van der Waals surface area contributed by atoms with E-state index in [0.29, 0.717) is 10.9 Å². The van der Waals surface area contributed by atoms with Gasteiger partial charge in [-0.25, -0.2) is 4.98 Å². The zero-order valence-electron chi connectivity index (χ0n) is 11.9. The highest BCUT2D eigenvalue weighted by molar-refractivity contribution is 6.31. The minimum atomic E-state index is 0.573. The van der Waals surface area contributed by atoms with Crippen molar-refractivity contribution in [1.29, 1.82) is 0 Å². The molecule has 0 spiro atoms. The molecule has 0 aliphatic carbocycles. The molecule has 0 atom stereocenters. The summed E-state index contributed by atoms with van der Waals surface area (Å²) >= 11 is 5.94. The number of fused-ring (bicyclic) bond motifs is 1. The van der Waals surface area contributed by atoms with E-state index in [4.69, 9.17) is 16.0 Å². The second-order valence-electron chi connectivity index (χ2n) is 4.98. The van der Waals surface area contributed by atoms with Crippen LogP contribution >= 0.6 is 11.6 Å². The summed E-state index contributed by atoms with van der Waals surface area (Å²) in [5.74, 6) is 0.573. The van der Waals surface area contributed by atoms with Crippen LogP contribution in [0.3, 0.4) is 0 Å². The molecule has 4 heteroatoms. The Balaban J connectivity index is 1.83. The normalized spacial score (nSPS) is 11.4. The summed E-state index contributed by atoms with van der Waals surface area (Å²) < 4.78 is 5.64. The van der Waals surface area contributed by atoms with E-state index in [-0.39, 0.29) is 0 Å². The third kappa shape index (κ3) is 3.09. The minimum Gasteiger partial charge on any atom is -0.437 e. The SMILES string of the molecule is CN(C)c1ccc(C=Cc2nc3cc(Cl)ccc3o2)cc1. The average Bonchev–Trinajstić information content (AvgIpc) is 2.87. The summed E-state index contributed by atoms with van der Waals surface area (Å²) in [6, 6.07) is 13.7. The largest absolute Gasteiger partial charge is 0.437 e. The van der Waals surface area contributed by atoms with Gasteiger partial charge in [-0.3, -0.25) is 0 Å². The van der Waals surface area contributed by atoms with Crippen molar-refractivity contribution >= 4 is 40.5 Å². The van der Waals surface area contributed by atoms with Crippen LogP contribution in [0.15, 0.2) is 46.9 Å². The lowest BCUT2D eigenvalue weighted by atomic mass is 10.2. The van der Waals surface area contributed by atoms with Crippen molar-refractivity contribution in [3.8, 4) is 0 Å². The number of rotatable bonds is 3. The molecule has 3 nitrogen and oxygen atoms in total. The van der Waals surface area contributed by atoms with Crippen LogP contribution in [-0.2, 0) is 0 Å². The fourth-order valence-electron chi connectivity index (χ4n) is 2.04. The fraction of sp³-hybridized carbons (Fsp3) is 0.118. The lowest BCUT2D eigenvalue weighted by molar-refractivity contribution is 0.590.